The van der Waals surface area contributed by atoms with Crippen LogP contribution in [0.5, 0.6) is 0 Å². The van der Waals surface area contributed by atoms with Crippen LogP contribution in [0.1, 0.15) is 16.7 Å². The highest BCUT2D eigenvalue weighted by atomic mass is 79.9. The van der Waals surface area contributed by atoms with Crippen LogP contribution in [0.3, 0.4) is 0 Å². The van der Waals surface area contributed by atoms with Crippen molar-refractivity contribution in [1.29, 1.82) is 5.26 Å². The maximum atomic E-state index is 11.8. The minimum Gasteiger partial charge on any atom is -0.352 e. The highest BCUT2D eigenvalue weighted by Crippen LogP contribution is 2.11. The third-order valence-corrected chi connectivity index (χ3v) is 3.32. The molecule has 0 radical (unpaired) electrons. The Bertz CT molecular complexity index is 644. The standard InChI is InChI=1S/C16H13BrN2O/c17-15-3-1-2-14(8-15)11-19-16(20)9-12-4-6-13(10-18)7-5-12/h1-8H,9,11H2,(H,19,20). The van der Waals surface area contributed by atoms with Crippen LogP contribution in [-0.4, -0.2) is 5.91 Å². The third kappa shape index (κ3) is 4.22. The summed E-state index contributed by atoms with van der Waals surface area (Å²) in [6.07, 6.45) is 0.319. The van der Waals surface area contributed by atoms with Crippen LogP contribution < -0.4 is 5.32 Å². The summed E-state index contributed by atoms with van der Waals surface area (Å²) in [5.74, 6) is -0.0327. The summed E-state index contributed by atoms with van der Waals surface area (Å²) in [6, 6.07) is 16.9. The van der Waals surface area contributed by atoms with Crippen molar-refractivity contribution in [3.63, 3.8) is 0 Å². The number of hydrogen-bond donors (Lipinski definition) is 1. The number of nitrogens with one attached hydrogen (secondary N) is 1. The number of benzene rings is 2. The SMILES string of the molecule is N#Cc1ccc(CC(=O)NCc2cccc(Br)c2)cc1. The Hall–Kier alpha value is -2.12. The molecule has 0 atom stereocenters. The summed E-state index contributed by atoms with van der Waals surface area (Å²) >= 11 is 3.40. The van der Waals surface area contributed by atoms with Gasteiger partial charge in [-0.3, -0.25) is 4.79 Å². The van der Waals surface area contributed by atoms with E-state index in [2.05, 4.69) is 27.3 Å². The normalized spacial score (nSPS) is 9.80. The Morgan fingerprint density at radius 1 is 1.15 bits per heavy atom. The van der Waals surface area contributed by atoms with E-state index in [1.165, 1.54) is 0 Å². The predicted molar refractivity (Wildman–Crippen MR) is 80.8 cm³/mol. The van der Waals surface area contributed by atoms with Gasteiger partial charge >= 0.3 is 0 Å². The maximum absolute atomic E-state index is 11.8. The van der Waals surface area contributed by atoms with Crippen molar-refractivity contribution < 1.29 is 4.79 Å². The van der Waals surface area contributed by atoms with Gasteiger partial charge in [0, 0.05) is 11.0 Å². The lowest BCUT2D eigenvalue weighted by molar-refractivity contribution is -0.120. The number of nitriles is 1. The summed E-state index contributed by atoms with van der Waals surface area (Å²) in [5.41, 5.74) is 2.55. The molecule has 0 aliphatic heterocycles. The number of carbonyl (C=O) groups excluding carboxylic acids is 1. The summed E-state index contributed by atoms with van der Waals surface area (Å²) in [5, 5.41) is 11.6. The van der Waals surface area contributed by atoms with Gasteiger partial charge in [0.1, 0.15) is 0 Å². The fourth-order valence-corrected chi connectivity index (χ4v) is 2.24. The highest BCUT2D eigenvalue weighted by molar-refractivity contribution is 9.10. The second-order valence-corrected chi connectivity index (χ2v) is 5.31. The van der Waals surface area contributed by atoms with Crippen LogP contribution in [0.2, 0.25) is 0 Å². The minimum atomic E-state index is -0.0327. The molecular weight excluding hydrogens is 316 g/mol. The fraction of sp³-hybridized carbons (Fsp3) is 0.125. The number of amides is 1. The van der Waals surface area contributed by atoms with Crippen molar-refractivity contribution in [2.75, 3.05) is 0 Å². The van der Waals surface area contributed by atoms with Crippen molar-refractivity contribution in [2.24, 2.45) is 0 Å². The molecule has 2 rings (SSSR count). The molecule has 0 saturated heterocycles. The Labute approximate surface area is 126 Å². The van der Waals surface area contributed by atoms with Gasteiger partial charge < -0.3 is 5.32 Å². The quantitative estimate of drug-likeness (QED) is 0.937. The van der Waals surface area contributed by atoms with Crippen LogP contribution in [0, 0.1) is 11.3 Å². The molecule has 3 nitrogen and oxygen atoms in total. The molecule has 1 amide bonds. The number of nitrogens with zero attached hydrogens (tertiary/aromatic N) is 1. The molecule has 0 saturated carbocycles. The Morgan fingerprint density at radius 2 is 1.90 bits per heavy atom. The third-order valence-electron chi connectivity index (χ3n) is 2.83. The highest BCUT2D eigenvalue weighted by Gasteiger charge is 2.03. The molecule has 0 aliphatic carbocycles. The van der Waals surface area contributed by atoms with Crippen molar-refractivity contribution in [1.82, 2.24) is 5.32 Å². The van der Waals surface area contributed by atoms with Crippen LogP contribution >= 0.6 is 15.9 Å². The first-order chi connectivity index (χ1) is 9.67. The zero-order valence-electron chi connectivity index (χ0n) is 10.8. The van der Waals surface area contributed by atoms with Crippen molar-refractivity contribution in [2.45, 2.75) is 13.0 Å². The fourth-order valence-electron chi connectivity index (χ4n) is 1.79. The van der Waals surface area contributed by atoms with E-state index in [-0.39, 0.29) is 5.91 Å². The van der Waals surface area contributed by atoms with Crippen LogP contribution in [-0.2, 0) is 17.8 Å². The van der Waals surface area contributed by atoms with Crippen molar-refractivity contribution in [3.05, 3.63) is 69.7 Å². The Morgan fingerprint density at radius 3 is 2.55 bits per heavy atom. The molecule has 20 heavy (non-hydrogen) atoms. The molecule has 0 aromatic heterocycles. The lowest BCUT2D eigenvalue weighted by atomic mass is 10.1. The first-order valence-electron chi connectivity index (χ1n) is 6.17. The van der Waals surface area contributed by atoms with Crippen LogP contribution in [0.4, 0.5) is 0 Å². The van der Waals surface area contributed by atoms with Gasteiger partial charge in [0.2, 0.25) is 5.91 Å². The number of rotatable bonds is 4. The van der Waals surface area contributed by atoms with Crippen LogP contribution in [0.15, 0.2) is 53.0 Å². The van der Waals surface area contributed by atoms with E-state index >= 15 is 0 Å². The van der Waals surface area contributed by atoms with E-state index in [0.29, 0.717) is 18.5 Å². The van der Waals surface area contributed by atoms with E-state index in [0.717, 1.165) is 15.6 Å². The summed E-state index contributed by atoms with van der Waals surface area (Å²) < 4.78 is 0.997. The molecule has 0 bridgehead atoms. The Kier molecular flexibility index (Phi) is 4.91. The molecule has 0 heterocycles. The van der Waals surface area contributed by atoms with Gasteiger partial charge in [-0.1, -0.05) is 40.2 Å². The molecule has 1 N–H and O–H groups in total. The van der Waals surface area contributed by atoms with E-state index in [1.807, 2.05) is 24.3 Å². The zero-order valence-corrected chi connectivity index (χ0v) is 12.4. The second kappa shape index (κ2) is 6.88. The molecular formula is C16H13BrN2O. The summed E-state index contributed by atoms with van der Waals surface area (Å²) in [6.45, 7) is 0.508. The lowest BCUT2D eigenvalue weighted by Crippen LogP contribution is -2.24. The van der Waals surface area contributed by atoms with Gasteiger partial charge in [-0.15, -0.1) is 0 Å². The van der Waals surface area contributed by atoms with Crippen molar-refractivity contribution >= 4 is 21.8 Å². The second-order valence-electron chi connectivity index (χ2n) is 4.39. The van der Waals surface area contributed by atoms with Gasteiger partial charge in [-0.2, -0.15) is 5.26 Å². The predicted octanol–water partition coefficient (Wildman–Crippen LogP) is 3.18. The van der Waals surface area contributed by atoms with Crippen molar-refractivity contribution in [3.8, 4) is 6.07 Å². The molecule has 0 spiro atoms. The van der Waals surface area contributed by atoms with E-state index < -0.39 is 0 Å². The van der Waals surface area contributed by atoms with Gasteiger partial charge in [0.15, 0.2) is 0 Å². The molecule has 0 fully saturated rings. The maximum Gasteiger partial charge on any atom is 0.224 e. The van der Waals surface area contributed by atoms with Gasteiger partial charge in [-0.25, -0.2) is 0 Å². The van der Waals surface area contributed by atoms with E-state index in [9.17, 15) is 4.79 Å². The molecule has 0 unspecified atom stereocenters. The van der Waals surface area contributed by atoms with Crippen LogP contribution in [0.25, 0.3) is 0 Å². The number of carbonyl (C=O) groups is 1. The molecule has 4 heteroatoms. The van der Waals surface area contributed by atoms with Gasteiger partial charge in [-0.05, 0) is 35.4 Å². The monoisotopic (exact) mass is 328 g/mol. The summed E-state index contributed by atoms with van der Waals surface area (Å²) in [4.78, 5) is 11.8. The number of halogens is 1. The average Bonchev–Trinajstić information content (AvgIpc) is 2.46. The Balaban J connectivity index is 1.87. The van der Waals surface area contributed by atoms with E-state index in [4.69, 9.17) is 5.26 Å². The summed E-state index contributed by atoms with van der Waals surface area (Å²) in [7, 11) is 0. The molecule has 2 aromatic rings. The molecule has 0 aliphatic rings. The minimum absolute atomic E-state index is 0.0327. The first-order valence-corrected chi connectivity index (χ1v) is 6.97. The molecule has 100 valence electrons. The average molecular weight is 329 g/mol. The van der Waals surface area contributed by atoms with Gasteiger partial charge in [0.05, 0.1) is 18.1 Å². The topological polar surface area (TPSA) is 52.9 Å². The zero-order chi connectivity index (χ0) is 14.4. The van der Waals surface area contributed by atoms with Gasteiger partial charge in [0.25, 0.3) is 0 Å². The first kappa shape index (κ1) is 14.3. The molecule has 2 aromatic carbocycles. The lowest BCUT2D eigenvalue weighted by Gasteiger charge is -2.06. The van der Waals surface area contributed by atoms with E-state index in [1.54, 1.807) is 24.3 Å². The number of hydrogen-bond acceptors (Lipinski definition) is 2. The smallest absolute Gasteiger partial charge is 0.224 e. The largest absolute Gasteiger partial charge is 0.352 e.